The first-order chi connectivity index (χ1) is 9.89. The van der Waals surface area contributed by atoms with Gasteiger partial charge in [-0.15, -0.1) is 0 Å². The molecule has 1 saturated carbocycles. The van der Waals surface area contributed by atoms with E-state index in [2.05, 4.69) is 16.3 Å². The van der Waals surface area contributed by atoms with Crippen LogP contribution in [0.3, 0.4) is 0 Å². The van der Waals surface area contributed by atoms with E-state index in [9.17, 15) is 4.79 Å². The molecule has 0 aromatic heterocycles. The summed E-state index contributed by atoms with van der Waals surface area (Å²) in [6.07, 6.45) is 3.52. The quantitative estimate of drug-likeness (QED) is 0.809. The maximum absolute atomic E-state index is 11.9. The molecule has 3 atom stereocenters. The summed E-state index contributed by atoms with van der Waals surface area (Å²) in [7, 11) is 0. The Hall–Kier alpha value is -1.28. The number of ether oxygens (including phenoxy) is 1. The second-order valence-corrected chi connectivity index (χ2v) is 7.28. The highest BCUT2D eigenvalue weighted by Crippen LogP contribution is 2.38. The molecule has 1 aliphatic carbocycles. The number of carbonyl (C=O) groups is 1. The van der Waals surface area contributed by atoms with Crippen LogP contribution in [-0.4, -0.2) is 42.3 Å². The Morgan fingerprint density at radius 2 is 2.14 bits per heavy atom. The minimum atomic E-state index is -0.443. The number of likely N-dealkylation sites (tertiary alicyclic amines) is 1. The van der Waals surface area contributed by atoms with Gasteiger partial charge in [0.05, 0.1) is 6.07 Å². The molecular weight excluding hydrogens is 266 g/mol. The smallest absolute Gasteiger partial charge is 0.407 e. The normalized spacial score (nSPS) is 29.0. The molecule has 2 aliphatic rings. The summed E-state index contributed by atoms with van der Waals surface area (Å²) < 4.78 is 5.35. The first-order valence-electron chi connectivity index (χ1n) is 7.98. The van der Waals surface area contributed by atoms with E-state index in [1.54, 1.807) is 0 Å². The van der Waals surface area contributed by atoms with Crippen LogP contribution in [0.5, 0.6) is 0 Å². The lowest BCUT2D eigenvalue weighted by Crippen LogP contribution is -2.42. The predicted molar refractivity (Wildman–Crippen MR) is 80.7 cm³/mol. The fourth-order valence-corrected chi connectivity index (χ4v) is 3.56. The number of hydrogen-bond donors (Lipinski definition) is 1. The van der Waals surface area contributed by atoms with Gasteiger partial charge in [-0.3, -0.25) is 0 Å². The van der Waals surface area contributed by atoms with Gasteiger partial charge in [0, 0.05) is 25.6 Å². The molecule has 21 heavy (non-hydrogen) atoms. The molecule has 0 unspecified atom stereocenters. The van der Waals surface area contributed by atoms with Crippen LogP contribution in [0, 0.1) is 23.2 Å². The number of nitrogens with zero attached hydrogens (tertiary/aromatic N) is 2. The molecule has 0 spiro atoms. The monoisotopic (exact) mass is 293 g/mol. The third kappa shape index (κ3) is 4.60. The zero-order valence-corrected chi connectivity index (χ0v) is 13.4. The Balaban J connectivity index is 1.79. The van der Waals surface area contributed by atoms with E-state index >= 15 is 0 Å². The molecule has 2 rings (SSSR count). The van der Waals surface area contributed by atoms with Gasteiger partial charge >= 0.3 is 6.09 Å². The van der Waals surface area contributed by atoms with Gasteiger partial charge in [0.25, 0.3) is 0 Å². The van der Waals surface area contributed by atoms with Crippen molar-refractivity contribution in [2.75, 3.05) is 19.6 Å². The molecule has 1 N–H and O–H groups in total. The van der Waals surface area contributed by atoms with Crippen molar-refractivity contribution in [3.8, 4) is 6.07 Å². The number of rotatable bonds is 4. The van der Waals surface area contributed by atoms with Gasteiger partial charge in [0.1, 0.15) is 5.60 Å². The molecule has 0 bridgehead atoms. The lowest BCUT2D eigenvalue weighted by Gasteiger charge is -2.25. The van der Waals surface area contributed by atoms with Gasteiger partial charge in [-0.25, -0.2) is 4.79 Å². The van der Waals surface area contributed by atoms with Crippen molar-refractivity contribution in [3.05, 3.63) is 0 Å². The van der Waals surface area contributed by atoms with E-state index in [0.29, 0.717) is 18.3 Å². The molecule has 5 heteroatoms. The third-order valence-corrected chi connectivity index (χ3v) is 4.40. The van der Waals surface area contributed by atoms with Gasteiger partial charge in [-0.1, -0.05) is 0 Å². The van der Waals surface area contributed by atoms with Crippen LogP contribution in [0.25, 0.3) is 0 Å². The molecule has 0 radical (unpaired) electrons. The maximum atomic E-state index is 11.9. The van der Waals surface area contributed by atoms with Crippen molar-refractivity contribution in [3.63, 3.8) is 0 Å². The summed E-state index contributed by atoms with van der Waals surface area (Å²) in [6.45, 7) is 8.81. The van der Waals surface area contributed by atoms with Crippen molar-refractivity contribution < 1.29 is 9.53 Å². The molecule has 1 heterocycles. The lowest BCUT2D eigenvalue weighted by atomic mass is 9.98. The van der Waals surface area contributed by atoms with Crippen LogP contribution in [-0.2, 0) is 4.74 Å². The molecule has 0 aromatic rings. The lowest BCUT2D eigenvalue weighted by molar-refractivity contribution is 0.0491. The van der Waals surface area contributed by atoms with Crippen molar-refractivity contribution in [2.45, 2.75) is 58.1 Å². The first-order valence-corrected chi connectivity index (χ1v) is 7.98. The second-order valence-electron chi connectivity index (χ2n) is 7.28. The predicted octanol–water partition coefficient (Wildman–Crippen LogP) is 2.53. The highest BCUT2D eigenvalue weighted by Gasteiger charge is 2.43. The summed E-state index contributed by atoms with van der Waals surface area (Å²) in [5, 5.41) is 11.7. The Morgan fingerprint density at radius 3 is 2.81 bits per heavy atom. The summed E-state index contributed by atoms with van der Waals surface area (Å²) in [6, 6.07) is 2.44. The number of unbranched alkanes of at least 4 members (excludes halogenated alkanes) is 1. The zero-order chi connectivity index (χ0) is 15.5. The number of alkyl carbamates (subject to hydrolysis) is 1. The van der Waals surface area contributed by atoms with Crippen LogP contribution in [0.4, 0.5) is 4.79 Å². The fraction of sp³-hybridized carbons (Fsp3) is 0.875. The maximum Gasteiger partial charge on any atom is 0.407 e. The molecule has 5 nitrogen and oxygen atoms in total. The van der Waals surface area contributed by atoms with Gasteiger partial charge in [-0.2, -0.15) is 5.26 Å². The molecule has 118 valence electrons. The molecule has 1 amide bonds. The van der Waals surface area contributed by atoms with Crippen molar-refractivity contribution in [2.24, 2.45) is 11.8 Å². The summed E-state index contributed by atoms with van der Waals surface area (Å²) in [5.41, 5.74) is -0.443. The van der Waals surface area contributed by atoms with Crippen LogP contribution in [0.1, 0.15) is 46.5 Å². The topological polar surface area (TPSA) is 65.4 Å². The van der Waals surface area contributed by atoms with E-state index in [1.165, 1.54) is 6.42 Å². The Bertz CT molecular complexity index is 411. The number of amides is 1. The molecule has 1 aliphatic heterocycles. The highest BCUT2D eigenvalue weighted by molar-refractivity contribution is 5.68. The average Bonchev–Trinajstić information content (AvgIpc) is 2.89. The van der Waals surface area contributed by atoms with Crippen LogP contribution < -0.4 is 5.32 Å². The van der Waals surface area contributed by atoms with E-state index in [1.807, 2.05) is 20.8 Å². The second kappa shape index (κ2) is 6.65. The van der Waals surface area contributed by atoms with Crippen LogP contribution in [0.15, 0.2) is 0 Å². The minimum Gasteiger partial charge on any atom is -0.444 e. The van der Waals surface area contributed by atoms with Gasteiger partial charge in [-0.05, 0) is 58.4 Å². The number of carbonyl (C=O) groups excluding carboxylic acids is 1. The standard InChI is InChI=1S/C16H27N3O2/c1-16(2,3)21-15(20)18-14-7-6-12-10-19(11-13(12)14)9-5-4-8-17/h12-14H,4-7,9-11H2,1-3H3,(H,18,20)/t12-,13+,14-/m1/s1. The van der Waals surface area contributed by atoms with Crippen LogP contribution >= 0.6 is 0 Å². The van der Waals surface area contributed by atoms with Crippen LogP contribution in [0.2, 0.25) is 0 Å². The first kappa shape index (κ1) is 16.1. The Morgan fingerprint density at radius 1 is 1.38 bits per heavy atom. The molecule has 2 fully saturated rings. The molecule has 1 saturated heterocycles. The van der Waals surface area contributed by atoms with E-state index in [-0.39, 0.29) is 12.1 Å². The molecular formula is C16H27N3O2. The Kier molecular flexibility index (Phi) is 5.10. The largest absolute Gasteiger partial charge is 0.444 e. The highest BCUT2D eigenvalue weighted by atomic mass is 16.6. The van der Waals surface area contributed by atoms with Crippen molar-refractivity contribution in [1.29, 1.82) is 5.26 Å². The van der Waals surface area contributed by atoms with E-state index in [0.717, 1.165) is 32.5 Å². The SMILES string of the molecule is CC(C)(C)OC(=O)N[C@@H]1CC[C@@H]2CN(CCCC#N)C[C@@H]21. The molecule has 0 aromatic carbocycles. The van der Waals surface area contributed by atoms with E-state index in [4.69, 9.17) is 10.00 Å². The fourth-order valence-electron chi connectivity index (χ4n) is 3.56. The van der Waals surface area contributed by atoms with E-state index < -0.39 is 5.60 Å². The number of fused-ring (bicyclic) bond motifs is 1. The third-order valence-electron chi connectivity index (χ3n) is 4.40. The summed E-state index contributed by atoms with van der Waals surface area (Å²) >= 11 is 0. The number of hydrogen-bond acceptors (Lipinski definition) is 4. The minimum absolute atomic E-state index is 0.241. The van der Waals surface area contributed by atoms with Gasteiger partial charge in [0.2, 0.25) is 0 Å². The van der Waals surface area contributed by atoms with Gasteiger partial charge < -0.3 is 15.0 Å². The van der Waals surface area contributed by atoms with Crippen molar-refractivity contribution in [1.82, 2.24) is 10.2 Å². The zero-order valence-electron chi connectivity index (χ0n) is 13.4. The number of nitrogens with one attached hydrogen (secondary N) is 1. The number of nitriles is 1. The average molecular weight is 293 g/mol. The summed E-state index contributed by atoms with van der Waals surface area (Å²) in [5.74, 6) is 1.23. The van der Waals surface area contributed by atoms with Gasteiger partial charge in [0.15, 0.2) is 0 Å². The summed E-state index contributed by atoms with van der Waals surface area (Å²) in [4.78, 5) is 14.4. The van der Waals surface area contributed by atoms with Crippen molar-refractivity contribution >= 4 is 6.09 Å². The Labute approximate surface area is 127 Å².